The largest absolute Gasteiger partial charge is 0.324 e. The van der Waals surface area contributed by atoms with Gasteiger partial charge in [0.15, 0.2) is 0 Å². The summed E-state index contributed by atoms with van der Waals surface area (Å²) in [5.74, 6) is 0.600. The van der Waals surface area contributed by atoms with Crippen LogP contribution in [0.15, 0.2) is 16.6 Å². The molecule has 0 saturated heterocycles. The van der Waals surface area contributed by atoms with Gasteiger partial charge in [-0.15, -0.1) is 0 Å². The van der Waals surface area contributed by atoms with Gasteiger partial charge in [0.2, 0.25) is 0 Å². The minimum absolute atomic E-state index is 0.0790. The minimum Gasteiger partial charge on any atom is -0.324 e. The van der Waals surface area contributed by atoms with Crippen LogP contribution in [0.3, 0.4) is 0 Å². The van der Waals surface area contributed by atoms with E-state index < -0.39 is 0 Å². The maximum atomic E-state index is 6.14. The molecule has 1 atom stereocenters. The van der Waals surface area contributed by atoms with Gasteiger partial charge in [-0.05, 0) is 36.5 Å². The van der Waals surface area contributed by atoms with Crippen molar-refractivity contribution < 1.29 is 0 Å². The predicted octanol–water partition coefficient (Wildman–Crippen LogP) is 4.46. The zero-order valence-electron chi connectivity index (χ0n) is 9.35. The average molecular weight is 291 g/mol. The molecule has 1 nitrogen and oxygen atoms in total. The van der Waals surface area contributed by atoms with Crippen molar-refractivity contribution in [3.8, 4) is 0 Å². The first-order valence-corrected chi connectivity index (χ1v) is 6.30. The maximum absolute atomic E-state index is 6.14. The third kappa shape index (κ3) is 3.47. The zero-order valence-corrected chi connectivity index (χ0v) is 11.7. The third-order valence-electron chi connectivity index (χ3n) is 2.40. The van der Waals surface area contributed by atoms with Crippen LogP contribution in [0.2, 0.25) is 5.02 Å². The molecular formula is C12H17BrClN. The number of benzene rings is 1. The summed E-state index contributed by atoms with van der Waals surface area (Å²) >= 11 is 9.53. The van der Waals surface area contributed by atoms with Crippen molar-refractivity contribution >= 4 is 27.5 Å². The molecule has 2 N–H and O–H groups in total. The number of nitrogens with two attached hydrogens (primary N) is 1. The topological polar surface area (TPSA) is 26.0 Å². The van der Waals surface area contributed by atoms with Gasteiger partial charge in [-0.2, -0.15) is 0 Å². The Labute approximate surface area is 105 Å². The van der Waals surface area contributed by atoms with Gasteiger partial charge >= 0.3 is 0 Å². The fourth-order valence-electron chi connectivity index (χ4n) is 1.60. The molecule has 1 aromatic carbocycles. The van der Waals surface area contributed by atoms with Crippen molar-refractivity contribution in [2.24, 2.45) is 11.7 Å². The summed E-state index contributed by atoms with van der Waals surface area (Å²) in [7, 11) is 0. The van der Waals surface area contributed by atoms with Crippen LogP contribution >= 0.6 is 27.5 Å². The van der Waals surface area contributed by atoms with Crippen molar-refractivity contribution in [1.29, 1.82) is 0 Å². The quantitative estimate of drug-likeness (QED) is 0.874. The Kier molecular flexibility index (Phi) is 4.63. The summed E-state index contributed by atoms with van der Waals surface area (Å²) in [5.41, 5.74) is 8.36. The van der Waals surface area contributed by atoms with E-state index in [2.05, 4.69) is 35.8 Å². The first-order valence-electron chi connectivity index (χ1n) is 5.13. The molecular weight excluding hydrogens is 273 g/mol. The van der Waals surface area contributed by atoms with E-state index in [9.17, 15) is 0 Å². The highest BCUT2D eigenvalue weighted by Gasteiger charge is 2.13. The number of aryl methyl sites for hydroxylation is 1. The van der Waals surface area contributed by atoms with Gasteiger partial charge < -0.3 is 5.73 Å². The molecule has 84 valence electrons. The molecule has 0 aliphatic heterocycles. The van der Waals surface area contributed by atoms with Gasteiger partial charge in [0.1, 0.15) is 0 Å². The van der Waals surface area contributed by atoms with Crippen molar-refractivity contribution in [2.75, 3.05) is 0 Å². The molecule has 0 amide bonds. The van der Waals surface area contributed by atoms with Gasteiger partial charge in [0, 0.05) is 15.5 Å². The second kappa shape index (κ2) is 5.33. The van der Waals surface area contributed by atoms with Crippen molar-refractivity contribution in [3.63, 3.8) is 0 Å². The van der Waals surface area contributed by atoms with Crippen LogP contribution in [0.4, 0.5) is 0 Å². The molecule has 1 rings (SSSR count). The molecule has 1 aromatic rings. The van der Waals surface area contributed by atoms with Gasteiger partial charge in [0.05, 0.1) is 0 Å². The van der Waals surface area contributed by atoms with Gasteiger partial charge in [-0.3, -0.25) is 0 Å². The van der Waals surface area contributed by atoms with E-state index in [-0.39, 0.29) is 6.04 Å². The first kappa shape index (κ1) is 13.0. The van der Waals surface area contributed by atoms with E-state index in [1.807, 2.05) is 13.0 Å². The summed E-state index contributed by atoms with van der Waals surface area (Å²) in [6.45, 7) is 6.35. The normalized spacial score (nSPS) is 13.3. The van der Waals surface area contributed by atoms with E-state index in [0.29, 0.717) is 5.92 Å². The lowest BCUT2D eigenvalue weighted by Gasteiger charge is -2.17. The lowest BCUT2D eigenvalue weighted by molar-refractivity contribution is 0.509. The molecule has 0 bridgehead atoms. The summed E-state index contributed by atoms with van der Waals surface area (Å²) in [6, 6.07) is 4.07. The smallest absolute Gasteiger partial charge is 0.0446 e. The average Bonchev–Trinajstić information content (AvgIpc) is 2.09. The molecule has 0 aliphatic rings. The summed E-state index contributed by atoms with van der Waals surface area (Å²) in [4.78, 5) is 0. The van der Waals surface area contributed by atoms with E-state index in [1.54, 1.807) is 0 Å². The first-order chi connectivity index (χ1) is 6.91. The van der Waals surface area contributed by atoms with E-state index in [0.717, 1.165) is 27.0 Å². The van der Waals surface area contributed by atoms with Crippen LogP contribution in [-0.2, 0) is 0 Å². The number of hydrogen-bond acceptors (Lipinski definition) is 1. The standard InChI is InChI=1S/C12H17BrClN/c1-7(2)4-12(15)9-5-8(3)11(14)6-10(9)13/h5-7,12H,4,15H2,1-3H3. The lowest BCUT2D eigenvalue weighted by Crippen LogP contribution is -2.13. The van der Waals surface area contributed by atoms with Crippen LogP contribution < -0.4 is 5.73 Å². The van der Waals surface area contributed by atoms with Crippen molar-refractivity contribution in [1.82, 2.24) is 0 Å². The summed E-state index contributed by atoms with van der Waals surface area (Å²) in [6.07, 6.45) is 0.986. The summed E-state index contributed by atoms with van der Waals surface area (Å²) in [5, 5.41) is 0.780. The molecule has 0 aromatic heterocycles. The Morgan fingerprint density at radius 1 is 1.40 bits per heavy atom. The highest BCUT2D eigenvalue weighted by molar-refractivity contribution is 9.10. The van der Waals surface area contributed by atoms with E-state index in [4.69, 9.17) is 17.3 Å². The Balaban J connectivity index is 2.98. The third-order valence-corrected chi connectivity index (χ3v) is 3.50. The molecule has 15 heavy (non-hydrogen) atoms. The fourth-order valence-corrected chi connectivity index (χ4v) is 2.53. The molecule has 0 spiro atoms. The number of halogens is 2. The van der Waals surface area contributed by atoms with Crippen LogP contribution in [0.1, 0.15) is 37.4 Å². The van der Waals surface area contributed by atoms with Gasteiger partial charge in [-0.1, -0.05) is 47.4 Å². The minimum atomic E-state index is 0.0790. The molecule has 0 radical (unpaired) electrons. The highest BCUT2D eigenvalue weighted by Crippen LogP contribution is 2.30. The lowest BCUT2D eigenvalue weighted by atomic mass is 9.97. The zero-order chi connectivity index (χ0) is 11.6. The number of hydrogen-bond donors (Lipinski definition) is 1. The molecule has 0 aliphatic carbocycles. The van der Waals surface area contributed by atoms with E-state index >= 15 is 0 Å². The van der Waals surface area contributed by atoms with Crippen LogP contribution in [-0.4, -0.2) is 0 Å². The SMILES string of the molecule is Cc1cc(C(N)CC(C)C)c(Br)cc1Cl. The molecule has 0 saturated carbocycles. The van der Waals surface area contributed by atoms with Gasteiger partial charge in [-0.25, -0.2) is 0 Å². The van der Waals surface area contributed by atoms with Crippen LogP contribution in [0.25, 0.3) is 0 Å². The molecule has 1 unspecified atom stereocenters. The van der Waals surface area contributed by atoms with Gasteiger partial charge in [0.25, 0.3) is 0 Å². The van der Waals surface area contributed by atoms with E-state index in [1.165, 1.54) is 0 Å². The second-order valence-corrected chi connectivity index (χ2v) is 5.62. The summed E-state index contributed by atoms with van der Waals surface area (Å²) < 4.78 is 1.01. The maximum Gasteiger partial charge on any atom is 0.0446 e. The Morgan fingerprint density at radius 2 is 2.00 bits per heavy atom. The monoisotopic (exact) mass is 289 g/mol. The Bertz CT molecular complexity index is 350. The molecule has 0 fully saturated rings. The van der Waals surface area contributed by atoms with Crippen LogP contribution in [0, 0.1) is 12.8 Å². The predicted molar refractivity (Wildman–Crippen MR) is 70.3 cm³/mol. The van der Waals surface area contributed by atoms with Crippen molar-refractivity contribution in [2.45, 2.75) is 33.2 Å². The Hall–Kier alpha value is -0.0500. The molecule has 0 heterocycles. The molecule has 3 heteroatoms. The van der Waals surface area contributed by atoms with Crippen LogP contribution in [0.5, 0.6) is 0 Å². The van der Waals surface area contributed by atoms with Crippen molar-refractivity contribution in [3.05, 3.63) is 32.8 Å². The number of rotatable bonds is 3. The highest BCUT2D eigenvalue weighted by atomic mass is 79.9. The second-order valence-electron chi connectivity index (χ2n) is 4.36. The fraction of sp³-hybridized carbons (Fsp3) is 0.500. The Morgan fingerprint density at radius 3 is 2.53 bits per heavy atom.